The Labute approximate surface area is 101 Å². The Morgan fingerprint density at radius 3 is 2.82 bits per heavy atom. The van der Waals surface area contributed by atoms with Crippen LogP contribution in [0.2, 0.25) is 5.15 Å². The van der Waals surface area contributed by atoms with Gasteiger partial charge in [0.1, 0.15) is 17.2 Å². The largest absolute Gasteiger partial charge is 0.439 e. The number of ether oxygens (including phenoxy) is 1. The maximum absolute atomic E-state index is 10.6. The number of nitro groups is 1. The molecule has 0 atom stereocenters. The van der Waals surface area contributed by atoms with Crippen molar-refractivity contribution in [1.82, 2.24) is 9.97 Å². The standard InChI is InChI=1S/C10H6ClN3O3/c11-9-5-10(13-6-12-9)17-8-3-1-2-7(4-8)14(15)16/h1-6H. The lowest BCUT2D eigenvalue weighted by molar-refractivity contribution is -0.384. The molecule has 0 saturated heterocycles. The van der Waals surface area contributed by atoms with Crippen LogP contribution in [0.5, 0.6) is 11.6 Å². The molecule has 0 radical (unpaired) electrons. The molecule has 0 unspecified atom stereocenters. The van der Waals surface area contributed by atoms with Crippen molar-refractivity contribution in [2.24, 2.45) is 0 Å². The smallest absolute Gasteiger partial charge is 0.273 e. The minimum atomic E-state index is -0.500. The summed E-state index contributed by atoms with van der Waals surface area (Å²) in [6, 6.07) is 7.20. The number of nitrogens with zero attached hydrogens (tertiary/aromatic N) is 3. The van der Waals surface area contributed by atoms with Gasteiger partial charge in [-0.15, -0.1) is 0 Å². The number of non-ortho nitro benzene ring substituents is 1. The molecule has 1 heterocycles. The molecule has 6 nitrogen and oxygen atoms in total. The molecule has 0 saturated carbocycles. The molecule has 1 aromatic carbocycles. The van der Waals surface area contributed by atoms with Crippen LogP contribution >= 0.6 is 11.6 Å². The Morgan fingerprint density at radius 2 is 2.12 bits per heavy atom. The van der Waals surface area contributed by atoms with Crippen molar-refractivity contribution >= 4 is 17.3 Å². The lowest BCUT2D eigenvalue weighted by atomic mass is 10.3. The summed E-state index contributed by atoms with van der Waals surface area (Å²) in [5, 5.41) is 10.8. The molecular formula is C10H6ClN3O3. The van der Waals surface area contributed by atoms with E-state index in [1.807, 2.05) is 0 Å². The van der Waals surface area contributed by atoms with Crippen molar-refractivity contribution < 1.29 is 9.66 Å². The van der Waals surface area contributed by atoms with Gasteiger partial charge in [-0.2, -0.15) is 0 Å². The third kappa shape index (κ3) is 2.88. The van der Waals surface area contributed by atoms with Gasteiger partial charge in [0.2, 0.25) is 5.88 Å². The normalized spacial score (nSPS) is 9.94. The van der Waals surface area contributed by atoms with Gasteiger partial charge >= 0.3 is 0 Å². The third-order valence-corrected chi connectivity index (χ3v) is 2.07. The zero-order chi connectivity index (χ0) is 12.3. The first-order chi connectivity index (χ1) is 8.15. The summed E-state index contributed by atoms with van der Waals surface area (Å²) in [6.45, 7) is 0. The molecule has 17 heavy (non-hydrogen) atoms. The Kier molecular flexibility index (Phi) is 3.15. The first-order valence-corrected chi connectivity index (χ1v) is 4.93. The topological polar surface area (TPSA) is 78.2 Å². The zero-order valence-corrected chi connectivity index (χ0v) is 9.16. The van der Waals surface area contributed by atoms with Gasteiger partial charge in [-0.05, 0) is 6.07 Å². The van der Waals surface area contributed by atoms with Crippen LogP contribution in [0.1, 0.15) is 0 Å². The van der Waals surface area contributed by atoms with E-state index in [2.05, 4.69) is 9.97 Å². The minimum absolute atomic E-state index is 0.0531. The van der Waals surface area contributed by atoms with E-state index in [1.54, 1.807) is 6.07 Å². The van der Waals surface area contributed by atoms with Gasteiger partial charge in [0, 0.05) is 12.1 Å². The van der Waals surface area contributed by atoms with Crippen LogP contribution in [0.25, 0.3) is 0 Å². The quantitative estimate of drug-likeness (QED) is 0.476. The molecule has 0 bridgehead atoms. The second kappa shape index (κ2) is 4.75. The van der Waals surface area contributed by atoms with Crippen LogP contribution in [0.15, 0.2) is 36.7 Å². The van der Waals surface area contributed by atoms with Gasteiger partial charge in [-0.3, -0.25) is 10.1 Å². The minimum Gasteiger partial charge on any atom is -0.439 e. The molecule has 0 N–H and O–H groups in total. The van der Waals surface area contributed by atoms with E-state index in [-0.39, 0.29) is 16.7 Å². The van der Waals surface area contributed by atoms with Crippen LogP contribution in [-0.2, 0) is 0 Å². The molecule has 2 aromatic rings. The highest BCUT2D eigenvalue weighted by Crippen LogP contribution is 2.24. The monoisotopic (exact) mass is 251 g/mol. The second-order valence-electron chi connectivity index (χ2n) is 3.04. The average Bonchev–Trinajstić information content (AvgIpc) is 2.29. The molecule has 0 aliphatic heterocycles. The number of hydrogen-bond acceptors (Lipinski definition) is 5. The van der Waals surface area contributed by atoms with Crippen molar-refractivity contribution in [3.05, 3.63) is 51.9 Å². The Bertz CT molecular complexity index is 562. The van der Waals surface area contributed by atoms with Gasteiger partial charge in [-0.1, -0.05) is 17.7 Å². The highest BCUT2D eigenvalue weighted by Gasteiger charge is 2.07. The molecule has 0 amide bonds. The lowest BCUT2D eigenvalue weighted by Gasteiger charge is -2.03. The Balaban J connectivity index is 2.24. The number of aromatic nitrogens is 2. The summed E-state index contributed by atoms with van der Waals surface area (Å²) in [7, 11) is 0. The molecule has 86 valence electrons. The molecule has 2 rings (SSSR count). The highest BCUT2D eigenvalue weighted by molar-refractivity contribution is 6.29. The molecule has 0 spiro atoms. The van der Waals surface area contributed by atoms with Crippen LogP contribution in [0.4, 0.5) is 5.69 Å². The fourth-order valence-electron chi connectivity index (χ4n) is 1.15. The molecule has 1 aromatic heterocycles. The number of rotatable bonds is 3. The van der Waals surface area contributed by atoms with Crippen molar-refractivity contribution in [3.63, 3.8) is 0 Å². The first kappa shape index (κ1) is 11.3. The molecule has 0 fully saturated rings. The van der Waals surface area contributed by atoms with E-state index in [0.29, 0.717) is 5.75 Å². The van der Waals surface area contributed by atoms with Crippen molar-refractivity contribution in [1.29, 1.82) is 0 Å². The molecule has 0 aliphatic carbocycles. The van der Waals surface area contributed by atoms with Crippen LogP contribution in [0, 0.1) is 10.1 Å². The molecule has 7 heteroatoms. The predicted octanol–water partition coefficient (Wildman–Crippen LogP) is 2.83. The Morgan fingerprint density at radius 1 is 1.29 bits per heavy atom. The van der Waals surface area contributed by atoms with Crippen LogP contribution < -0.4 is 4.74 Å². The maximum atomic E-state index is 10.6. The average molecular weight is 252 g/mol. The lowest BCUT2D eigenvalue weighted by Crippen LogP contribution is -1.91. The first-order valence-electron chi connectivity index (χ1n) is 4.55. The van der Waals surface area contributed by atoms with Gasteiger partial charge in [0.15, 0.2) is 0 Å². The maximum Gasteiger partial charge on any atom is 0.273 e. The van der Waals surface area contributed by atoms with Crippen molar-refractivity contribution in [3.8, 4) is 11.6 Å². The van der Waals surface area contributed by atoms with E-state index in [0.717, 1.165) is 0 Å². The summed E-state index contributed by atoms with van der Waals surface area (Å²) in [6.07, 6.45) is 1.25. The third-order valence-electron chi connectivity index (χ3n) is 1.86. The number of hydrogen-bond donors (Lipinski definition) is 0. The van der Waals surface area contributed by atoms with Gasteiger partial charge in [0.05, 0.1) is 11.0 Å². The molecule has 0 aliphatic rings. The van der Waals surface area contributed by atoms with Crippen LogP contribution in [0.3, 0.4) is 0 Å². The van der Waals surface area contributed by atoms with Gasteiger partial charge in [0.25, 0.3) is 5.69 Å². The van der Waals surface area contributed by atoms with Crippen molar-refractivity contribution in [2.75, 3.05) is 0 Å². The van der Waals surface area contributed by atoms with E-state index < -0.39 is 4.92 Å². The SMILES string of the molecule is O=[N+]([O-])c1cccc(Oc2cc(Cl)ncn2)c1. The summed E-state index contributed by atoms with van der Waals surface area (Å²) in [5.74, 6) is 0.541. The number of nitro benzene ring substituents is 1. The van der Waals surface area contributed by atoms with E-state index >= 15 is 0 Å². The molecular weight excluding hydrogens is 246 g/mol. The fourth-order valence-corrected chi connectivity index (χ4v) is 1.29. The Hall–Kier alpha value is -2.21. The summed E-state index contributed by atoms with van der Waals surface area (Å²) in [5.41, 5.74) is -0.0531. The predicted molar refractivity (Wildman–Crippen MR) is 60.2 cm³/mol. The number of halogens is 1. The van der Waals surface area contributed by atoms with E-state index in [9.17, 15) is 10.1 Å². The highest BCUT2D eigenvalue weighted by atomic mass is 35.5. The summed E-state index contributed by atoms with van der Waals surface area (Å²) < 4.78 is 5.31. The zero-order valence-electron chi connectivity index (χ0n) is 8.41. The fraction of sp³-hybridized carbons (Fsp3) is 0. The second-order valence-corrected chi connectivity index (χ2v) is 3.42. The van der Waals surface area contributed by atoms with Gasteiger partial charge in [-0.25, -0.2) is 9.97 Å². The van der Waals surface area contributed by atoms with Gasteiger partial charge < -0.3 is 4.74 Å². The summed E-state index contributed by atoms with van der Waals surface area (Å²) >= 11 is 5.65. The van der Waals surface area contributed by atoms with E-state index in [4.69, 9.17) is 16.3 Å². The van der Waals surface area contributed by atoms with E-state index in [1.165, 1.54) is 30.6 Å². The van der Waals surface area contributed by atoms with Crippen LogP contribution in [-0.4, -0.2) is 14.9 Å². The summed E-state index contributed by atoms with van der Waals surface area (Å²) in [4.78, 5) is 17.6. The number of benzene rings is 1. The van der Waals surface area contributed by atoms with Crippen molar-refractivity contribution in [2.45, 2.75) is 0 Å².